The Bertz CT molecular complexity index is 880. The summed E-state index contributed by atoms with van der Waals surface area (Å²) in [5.41, 5.74) is 0.917. The van der Waals surface area contributed by atoms with Gasteiger partial charge in [-0.2, -0.15) is 0 Å². The van der Waals surface area contributed by atoms with Crippen LogP contribution in [0.25, 0.3) is 0 Å². The van der Waals surface area contributed by atoms with Crippen molar-refractivity contribution in [2.75, 3.05) is 6.54 Å². The first-order valence-electron chi connectivity index (χ1n) is 9.05. The van der Waals surface area contributed by atoms with Crippen LogP contribution in [0.15, 0.2) is 48.5 Å². The second kappa shape index (κ2) is 8.56. The zero-order valence-corrected chi connectivity index (χ0v) is 15.2. The minimum atomic E-state index is -1.31. The molecule has 0 radical (unpaired) electrons. The Balaban J connectivity index is 1.81. The number of benzene rings is 2. The molecule has 3 rings (SSSR count). The number of rotatable bonds is 5. The number of aromatic carboxylic acids is 2. The van der Waals surface area contributed by atoms with E-state index in [1.807, 2.05) is 30.3 Å². The van der Waals surface area contributed by atoms with E-state index in [0.717, 1.165) is 18.4 Å². The maximum Gasteiger partial charge on any atom is 0.410 e. The lowest BCUT2D eigenvalue weighted by Gasteiger charge is -2.35. The van der Waals surface area contributed by atoms with E-state index in [-0.39, 0.29) is 23.8 Å². The fourth-order valence-corrected chi connectivity index (χ4v) is 3.43. The summed E-state index contributed by atoms with van der Waals surface area (Å²) in [6, 6.07) is 13.2. The average molecular weight is 383 g/mol. The third-order valence-corrected chi connectivity index (χ3v) is 4.83. The Kier molecular flexibility index (Phi) is 5.93. The van der Waals surface area contributed by atoms with Crippen molar-refractivity contribution < 1.29 is 29.3 Å². The molecule has 2 N–H and O–H groups in total. The number of ether oxygens (including phenoxy) is 1. The highest BCUT2D eigenvalue weighted by Crippen LogP contribution is 2.32. The van der Waals surface area contributed by atoms with Gasteiger partial charge in [0.15, 0.2) is 0 Å². The zero-order valence-electron chi connectivity index (χ0n) is 15.2. The third-order valence-electron chi connectivity index (χ3n) is 4.83. The Morgan fingerprint density at radius 1 is 0.964 bits per heavy atom. The van der Waals surface area contributed by atoms with Gasteiger partial charge in [0.25, 0.3) is 0 Å². The maximum absolute atomic E-state index is 12.6. The zero-order chi connectivity index (χ0) is 20.1. The van der Waals surface area contributed by atoms with E-state index in [2.05, 4.69) is 0 Å². The van der Waals surface area contributed by atoms with Crippen LogP contribution in [0.4, 0.5) is 4.79 Å². The summed E-state index contributed by atoms with van der Waals surface area (Å²) in [6.45, 7) is 0.655. The van der Waals surface area contributed by atoms with Crippen molar-refractivity contribution >= 4 is 18.0 Å². The molecule has 1 amide bonds. The van der Waals surface area contributed by atoms with Gasteiger partial charge in [-0.15, -0.1) is 0 Å². The number of carboxylic acids is 2. The summed E-state index contributed by atoms with van der Waals surface area (Å²) in [5, 5.41) is 18.5. The number of piperidine rings is 1. The van der Waals surface area contributed by atoms with Crippen molar-refractivity contribution in [2.45, 2.75) is 31.9 Å². The second-order valence-corrected chi connectivity index (χ2v) is 6.66. The monoisotopic (exact) mass is 383 g/mol. The van der Waals surface area contributed by atoms with Crippen LogP contribution in [0.1, 0.15) is 57.1 Å². The van der Waals surface area contributed by atoms with Gasteiger partial charge in [0.1, 0.15) is 6.61 Å². The lowest BCUT2D eigenvalue weighted by molar-refractivity contribution is 0.0646. The number of carboxylic acid groups (broad SMARTS) is 2. The summed E-state index contributed by atoms with van der Waals surface area (Å²) >= 11 is 0. The minimum absolute atomic E-state index is 0.154. The summed E-state index contributed by atoms with van der Waals surface area (Å²) in [7, 11) is 0. The van der Waals surface area contributed by atoms with Gasteiger partial charge in [0.05, 0.1) is 17.2 Å². The van der Waals surface area contributed by atoms with E-state index < -0.39 is 18.0 Å². The highest BCUT2D eigenvalue weighted by Gasteiger charge is 2.30. The van der Waals surface area contributed by atoms with Gasteiger partial charge in [-0.25, -0.2) is 14.4 Å². The minimum Gasteiger partial charge on any atom is -0.478 e. The number of amides is 1. The van der Waals surface area contributed by atoms with Gasteiger partial charge in [0.2, 0.25) is 0 Å². The molecule has 1 atom stereocenters. The lowest BCUT2D eigenvalue weighted by Crippen LogP contribution is -2.39. The smallest absolute Gasteiger partial charge is 0.410 e. The highest BCUT2D eigenvalue weighted by molar-refractivity contribution is 6.01. The quantitative estimate of drug-likeness (QED) is 0.810. The molecule has 2 aromatic rings. The molecule has 1 aliphatic rings. The fourth-order valence-electron chi connectivity index (χ4n) is 3.43. The van der Waals surface area contributed by atoms with Crippen LogP contribution >= 0.6 is 0 Å². The number of nitrogens with zero attached hydrogens (tertiary/aromatic N) is 1. The van der Waals surface area contributed by atoms with E-state index >= 15 is 0 Å². The van der Waals surface area contributed by atoms with Crippen molar-refractivity contribution in [3.05, 3.63) is 70.8 Å². The molecule has 1 heterocycles. The molecule has 1 fully saturated rings. The van der Waals surface area contributed by atoms with Crippen molar-refractivity contribution in [3.63, 3.8) is 0 Å². The van der Waals surface area contributed by atoms with Crippen LogP contribution in [-0.2, 0) is 11.3 Å². The first-order chi connectivity index (χ1) is 13.5. The normalized spacial score (nSPS) is 16.4. The Hall–Kier alpha value is -3.35. The van der Waals surface area contributed by atoms with Crippen LogP contribution in [0.2, 0.25) is 0 Å². The maximum atomic E-state index is 12.6. The summed E-state index contributed by atoms with van der Waals surface area (Å²) in [4.78, 5) is 37.0. The van der Waals surface area contributed by atoms with Gasteiger partial charge in [-0.1, -0.05) is 36.4 Å². The number of carbonyl (C=O) groups excluding carboxylic acids is 1. The second-order valence-electron chi connectivity index (χ2n) is 6.66. The molecule has 1 aliphatic heterocycles. The summed E-state index contributed by atoms with van der Waals surface area (Å²) < 4.78 is 5.44. The lowest BCUT2D eigenvalue weighted by atomic mass is 9.93. The van der Waals surface area contributed by atoms with E-state index in [9.17, 15) is 24.6 Å². The summed E-state index contributed by atoms with van der Waals surface area (Å²) in [5.74, 6) is -2.61. The number of hydrogen-bond donors (Lipinski definition) is 2. The molecule has 0 aromatic heterocycles. The van der Waals surface area contributed by atoms with Crippen molar-refractivity contribution in [1.82, 2.24) is 4.90 Å². The predicted molar refractivity (Wildman–Crippen MR) is 100 cm³/mol. The molecular weight excluding hydrogens is 362 g/mol. The molecule has 2 aromatic carbocycles. The molecule has 28 heavy (non-hydrogen) atoms. The SMILES string of the molecule is O=C(O)c1ccc(C2CCCCN2C(=O)OCc2ccccc2)cc1C(=O)O. The van der Waals surface area contributed by atoms with Crippen LogP contribution in [0.5, 0.6) is 0 Å². The largest absolute Gasteiger partial charge is 0.478 e. The first-order valence-corrected chi connectivity index (χ1v) is 9.05. The highest BCUT2D eigenvalue weighted by atomic mass is 16.6. The Morgan fingerprint density at radius 3 is 2.36 bits per heavy atom. The van der Waals surface area contributed by atoms with Crippen LogP contribution in [0.3, 0.4) is 0 Å². The van der Waals surface area contributed by atoms with Crippen LogP contribution < -0.4 is 0 Å². The Labute approximate surface area is 162 Å². The van der Waals surface area contributed by atoms with Crippen molar-refractivity contribution in [3.8, 4) is 0 Å². The molecule has 7 heteroatoms. The molecule has 0 aliphatic carbocycles. The molecule has 0 saturated carbocycles. The van der Waals surface area contributed by atoms with Crippen molar-refractivity contribution in [2.24, 2.45) is 0 Å². The fraction of sp³-hybridized carbons (Fsp3) is 0.286. The molecule has 1 saturated heterocycles. The van der Waals surface area contributed by atoms with Gasteiger partial charge >= 0.3 is 18.0 Å². The predicted octanol–water partition coefficient (Wildman–Crippen LogP) is 3.95. The van der Waals surface area contributed by atoms with E-state index in [4.69, 9.17) is 4.74 Å². The number of hydrogen-bond acceptors (Lipinski definition) is 4. The first kappa shape index (κ1) is 19.4. The third kappa shape index (κ3) is 4.31. The topological polar surface area (TPSA) is 104 Å². The van der Waals surface area contributed by atoms with E-state index in [1.165, 1.54) is 12.1 Å². The van der Waals surface area contributed by atoms with Crippen LogP contribution in [0, 0.1) is 0 Å². The van der Waals surface area contributed by atoms with Gasteiger partial charge in [0, 0.05) is 6.54 Å². The molecule has 7 nitrogen and oxygen atoms in total. The summed E-state index contributed by atoms with van der Waals surface area (Å²) in [6.07, 6.45) is 1.91. The molecule has 0 bridgehead atoms. The Morgan fingerprint density at radius 2 is 1.68 bits per heavy atom. The standard InChI is InChI=1S/C21H21NO6/c23-19(24)16-10-9-15(12-17(16)20(25)26)18-8-4-5-11-22(18)21(27)28-13-14-6-2-1-3-7-14/h1-3,6-7,9-10,12,18H,4-5,8,11,13H2,(H,23,24)(H,25,26). The number of likely N-dealkylation sites (tertiary alicyclic amines) is 1. The van der Waals surface area contributed by atoms with E-state index in [1.54, 1.807) is 11.0 Å². The molecular formula is C21H21NO6. The number of carbonyl (C=O) groups is 3. The molecule has 1 unspecified atom stereocenters. The van der Waals surface area contributed by atoms with Gasteiger partial charge in [-0.3, -0.25) is 0 Å². The molecule has 0 spiro atoms. The van der Waals surface area contributed by atoms with Gasteiger partial charge < -0.3 is 19.8 Å². The average Bonchev–Trinajstić information content (AvgIpc) is 2.72. The van der Waals surface area contributed by atoms with E-state index in [0.29, 0.717) is 18.5 Å². The molecule has 146 valence electrons. The van der Waals surface area contributed by atoms with Crippen LogP contribution in [-0.4, -0.2) is 39.7 Å². The van der Waals surface area contributed by atoms with Gasteiger partial charge in [-0.05, 0) is 42.5 Å². The van der Waals surface area contributed by atoms with Crippen molar-refractivity contribution in [1.29, 1.82) is 0 Å².